The molecule has 0 bridgehead atoms. The van der Waals surface area contributed by atoms with Gasteiger partial charge in [-0.15, -0.1) is 0 Å². The van der Waals surface area contributed by atoms with Crippen molar-refractivity contribution in [3.05, 3.63) is 0 Å². The highest BCUT2D eigenvalue weighted by Gasteiger charge is 2.28. The van der Waals surface area contributed by atoms with Crippen molar-refractivity contribution in [1.82, 2.24) is 4.90 Å². The van der Waals surface area contributed by atoms with E-state index in [1.54, 1.807) is 0 Å². The van der Waals surface area contributed by atoms with E-state index in [2.05, 4.69) is 0 Å². The maximum Gasteiger partial charge on any atom is 0.0938 e. The fraction of sp³-hybridized carbons (Fsp3) is 0.857. The number of rotatable bonds is 2. The molecule has 1 aliphatic rings. The van der Waals surface area contributed by atoms with Crippen LogP contribution in [0.5, 0.6) is 0 Å². The SMILES string of the molecule is N#CCCN1CC(O)C(O)C1. The maximum absolute atomic E-state index is 9.09. The zero-order chi connectivity index (χ0) is 8.27. The second-order valence-corrected chi connectivity index (χ2v) is 2.80. The molecule has 1 fully saturated rings. The molecule has 4 nitrogen and oxygen atoms in total. The summed E-state index contributed by atoms with van der Waals surface area (Å²) in [7, 11) is 0. The Morgan fingerprint density at radius 2 is 1.91 bits per heavy atom. The minimum atomic E-state index is -0.631. The van der Waals surface area contributed by atoms with Crippen LogP contribution in [0.3, 0.4) is 0 Å². The van der Waals surface area contributed by atoms with Gasteiger partial charge in [0.05, 0.1) is 18.3 Å². The van der Waals surface area contributed by atoms with Gasteiger partial charge < -0.3 is 10.2 Å². The van der Waals surface area contributed by atoms with Crippen molar-refractivity contribution in [3.63, 3.8) is 0 Å². The highest BCUT2D eigenvalue weighted by molar-refractivity contribution is 4.84. The van der Waals surface area contributed by atoms with Crippen LogP contribution < -0.4 is 0 Å². The Kier molecular flexibility index (Phi) is 2.83. The summed E-state index contributed by atoms with van der Waals surface area (Å²) in [5, 5.41) is 26.4. The summed E-state index contributed by atoms with van der Waals surface area (Å²) in [6.07, 6.45) is -0.804. The van der Waals surface area contributed by atoms with E-state index in [-0.39, 0.29) is 0 Å². The standard InChI is InChI=1S/C7H12N2O2/c8-2-1-3-9-4-6(10)7(11)5-9/h6-7,10-11H,1,3-5H2. The Morgan fingerprint density at radius 1 is 1.36 bits per heavy atom. The summed E-state index contributed by atoms with van der Waals surface area (Å²) >= 11 is 0. The Balaban J connectivity index is 2.25. The molecule has 0 aromatic rings. The van der Waals surface area contributed by atoms with E-state index in [1.165, 1.54) is 0 Å². The number of β-amino-alcohol motifs (C(OH)–C–C–N with tert-alkyl or cyclic N) is 2. The molecule has 2 N–H and O–H groups in total. The molecule has 0 aromatic carbocycles. The first-order valence-corrected chi connectivity index (χ1v) is 3.69. The highest BCUT2D eigenvalue weighted by Crippen LogP contribution is 2.09. The van der Waals surface area contributed by atoms with Crippen molar-refractivity contribution < 1.29 is 10.2 Å². The lowest BCUT2D eigenvalue weighted by Crippen LogP contribution is -2.22. The average molecular weight is 156 g/mol. The summed E-state index contributed by atoms with van der Waals surface area (Å²) in [6, 6.07) is 2.02. The van der Waals surface area contributed by atoms with Crippen LogP contribution in [-0.2, 0) is 0 Å². The second kappa shape index (κ2) is 3.67. The van der Waals surface area contributed by atoms with Crippen molar-refractivity contribution >= 4 is 0 Å². The molecule has 11 heavy (non-hydrogen) atoms. The van der Waals surface area contributed by atoms with Gasteiger partial charge in [0, 0.05) is 26.1 Å². The summed E-state index contributed by atoms with van der Waals surface area (Å²) in [6.45, 7) is 1.62. The molecule has 1 aliphatic heterocycles. The van der Waals surface area contributed by atoms with Crippen LogP contribution in [0, 0.1) is 11.3 Å². The molecule has 0 saturated carbocycles. The Hall–Kier alpha value is -0.630. The van der Waals surface area contributed by atoms with E-state index in [0.717, 1.165) is 0 Å². The average Bonchev–Trinajstić information content (AvgIpc) is 2.28. The van der Waals surface area contributed by atoms with Crippen LogP contribution in [0.25, 0.3) is 0 Å². The molecule has 1 saturated heterocycles. The quantitative estimate of drug-likeness (QED) is 0.534. The zero-order valence-electron chi connectivity index (χ0n) is 6.27. The number of hydrogen-bond acceptors (Lipinski definition) is 4. The minimum absolute atomic E-state index is 0.458. The third-order valence-electron chi connectivity index (χ3n) is 1.87. The Bertz CT molecular complexity index is 156. The molecule has 0 spiro atoms. The fourth-order valence-corrected chi connectivity index (χ4v) is 1.24. The number of nitriles is 1. The fourth-order valence-electron chi connectivity index (χ4n) is 1.24. The molecular weight excluding hydrogens is 144 g/mol. The molecule has 1 heterocycles. The van der Waals surface area contributed by atoms with E-state index in [9.17, 15) is 0 Å². The number of aliphatic hydroxyl groups is 2. The topological polar surface area (TPSA) is 67.5 Å². The van der Waals surface area contributed by atoms with Gasteiger partial charge in [-0.3, -0.25) is 4.90 Å². The van der Waals surface area contributed by atoms with Gasteiger partial charge in [0.15, 0.2) is 0 Å². The zero-order valence-corrected chi connectivity index (χ0v) is 6.27. The first kappa shape index (κ1) is 8.47. The molecular formula is C7H12N2O2. The normalized spacial score (nSPS) is 32.1. The van der Waals surface area contributed by atoms with Crippen LogP contribution in [-0.4, -0.2) is 47.0 Å². The summed E-state index contributed by atoms with van der Waals surface area (Å²) in [5.74, 6) is 0. The molecule has 2 unspecified atom stereocenters. The van der Waals surface area contributed by atoms with E-state index in [4.69, 9.17) is 15.5 Å². The Morgan fingerprint density at radius 3 is 2.36 bits per heavy atom. The molecule has 0 aromatic heterocycles. The van der Waals surface area contributed by atoms with Crippen LogP contribution in [0.2, 0.25) is 0 Å². The van der Waals surface area contributed by atoms with Crippen LogP contribution in [0.4, 0.5) is 0 Å². The first-order chi connectivity index (χ1) is 5.24. The van der Waals surface area contributed by atoms with Crippen LogP contribution in [0.1, 0.15) is 6.42 Å². The van der Waals surface area contributed by atoms with Gasteiger partial charge >= 0.3 is 0 Å². The van der Waals surface area contributed by atoms with Gasteiger partial charge in [-0.25, -0.2) is 0 Å². The number of aliphatic hydroxyl groups excluding tert-OH is 2. The molecule has 0 radical (unpaired) electrons. The molecule has 4 heteroatoms. The van der Waals surface area contributed by atoms with E-state index < -0.39 is 12.2 Å². The van der Waals surface area contributed by atoms with Crippen LogP contribution in [0.15, 0.2) is 0 Å². The highest BCUT2D eigenvalue weighted by atomic mass is 16.3. The van der Waals surface area contributed by atoms with Crippen molar-refractivity contribution in [1.29, 1.82) is 5.26 Å². The van der Waals surface area contributed by atoms with Crippen molar-refractivity contribution in [2.24, 2.45) is 0 Å². The van der Waals surface area contributed by atoms with Gasteiger partial charge in [-0.1, -0.05) is 0 Å². The lowest BCUT2D eigenvalue weighted by atomic mass is 10.3. The molecule has 0 aliphatic carbocycles. The van der Waals surface area contributed by atoms with Crippen molar-refractivity contribution in [3.8, 4) is 6.07 Å². The third-order valence-corrected chi connectivity index (χ3v) is 1.87. The van der Waals surface area contributed by atoms with Gasteiger partial charge in [0.1, 0.15) is 0 Å². The summed E-state index contributed by atoms with van der Waals surface area (Å²) in [5.41, 5.74) is 0. The van der Waals surface area contributed by atoms with Crippen LogP contribution >= 0.6 is 0 Å². The van der Waals surface area contributed by atoms with Gasteiger partial charge in [0.2, 0.25) is 0 Å². The Labute approximate surface area is 65.7 Å². The molecule has 1 rings (SSSR count). The second-order valence-electron chi connectivity index (χ2n) is 2.80. The van der Waals surface area contributed by atoms with E-state index >= 15 is 0 Å². The minimum Gasteiger partial charge on any atom is -0.389 e. The van der Waals surface area contributed by atoms with Crippen molar-refractivity contribution in [2.45, 2.75) is 18.6 Å². The molecule has 0 amide bonds. The molecule has 62 valence electrons. The number of hydrogen-bond donors (Lipinski definition) is 2. The first-order valence-electron chi connectivity index (χ1n) is 3.69. The van der Waals surface area contributed by atoms with Gasteiger partial charge in [0.25, 0.3) is 0 Å². The number of likely N-dealkylation sites (tertiary alicyclic amines) is 1. The lowest BCUT2D eigenvalue weighted by molar-refractivity contribution is 0.0572. The maximum atomic E-state index is 9.09. The number of nitrogens with zero attached hydrogens (tertiary/aromatic N) is 2. The van der Waals surface area contributed by atoms with Gasteiger partial charge in [-0.2, -0.15) is 5.26 Å². The largest absolute Gasteiger partial charge is 0.389 e. The monoisotopic (exact) mass is 156 g/mol. The lowest BCUT2D eigenvalue weighted by Gasteiger charge is -2.10. The predicted octanol–water partition coefficient (Wildman–Crippen LogP) is -1.06. The van der Waals surface area contributed by atoms with Crippen molar-refractivity contribution in [2.75, 3.05) is 19.6 Å². The predicted molar refractivity (Wildman–Crippen MR) is 38.7 cm³/mol. The van der Waals surface area contributed by atoms with E-state index in [1.807, 2.05) is 11.0 Å². The molecule has 2 atom stereocenters. The van der Waals surface area contributed by atoms with E-state index in [0.29, 0.717) is 26.1 Å². The van der Waals surface area contributed by atoms with Gasteiger partial charge in [-0.05, 0) is 0 Å². The summed E-state index contributed by atoms with van der Waals surface area (Å²) < 4.78 is 0. The summed E-state index contributed by atoms with van der Waals surface area (Å²) in [4.78, 5) is 1.89. The smallest absolute Gasteiger partial charge is 0.0938 e. The third kappa shape index (κ3) is 2.15.